The van der Waals surface area contributed by atoms with Gasteiger partial charge in [-0.25, -0.2) is 0 Å². The second kappa shape index (κ2) is 6.34. The number of rotatable bonds is 3. The quantitative estimate of drug-likeness (QED) is 0.871. The van der Waals surface area contributed by atoms with Crippen LogP contribution >= 0.6 is 15.9 Å². The van der Waals surface area contributed by atoms with Crippen LogP contribution in [0.2, 0.25) is 0 Å². The molecule has 0 saturated carbocycles. The molecular weight excluding hydrogens is 294 g/mol. The Morgan fingerprint density at radius 3 is 2.78 bits per heavy atom. The van der Waals surface area contributed by atoms with Gasteiger partial charge in [0.25, 0.3) is 0 Å². The highest BCUT2D eigenvalue weighted by Crippen LogP contribution is 2.23. The molecule has 1 aromatic rings. The van der Waals surface area contributed by atoms with Gasteiger partial charge in [0.05, 0.1) is 0 Å². The molecule has 3 nitrogen and oxygen atoms in total. The molecule has 1 saturated heterocycles. The third kappa shape index (κ3) is 3.33. The first-order chi connectivity index (χ1) is 8.70. The van der Waals surface area contributed by atoms with Gasteiger partial charge in [-0.15, -0.1) is 0 Å². The van der Waals surface area contributed by atoms with Gasteiger partial charge in [0.1, 0.15) is 0 Å². The van der Waals surface area contributed by atoms with Crippen LogP contribution < -0.4 is 5.32 Å². The summed E-state index contributed by atoms with van der Waals surface area (Å²) in [5.74, 6) is 0.465. The molecule has 1 amide bonds. The Kier molecular flexibility index (Phi) is 4.78. The Morgan fingerprint density at radius 1 is 1.44 bits per heavy atom. The first-order valence-corrected chi connectivity index (χ1v) is 7.36. The van der Waals surface area contributed by atoms with Gasteiger partial charge < -0.3 is 10.1 Å². The second-order valence-corrected chi connectivity index (χ2v) is 5.33. The van der Waals surface area contributed by atoms with E-state index in [4.69, 9.17) is 4.74 Å². The van der Waals surface area contributed by atoms with Crippen molar-refractivity contribution in [3.8, 4) is 0 Å². The van der Waals surface area contributed by atoms with E-state index in [2.05, 4.69) is 28.2 Å². The number of carbonyl (C=O) groups is 1. The van der Waals surface area contributed by atoms with Crippen molar-refractivity contribution in [3.63, 3.8) is 0 Å². The van der Waals surface area contributed by atoms with Gasteiger partial charge >= 0.3 is 0 Å². The van der Waals surface area contributed by atoms with Crippen LogP contribution in [0.5, 0.6) is 0 Å². The third-order valence-corrected chi connectivity index (χ3v) is 4.00. The molecule has 1 aromatic carbocycles. The van der Waals surface area contributed by atoms with E-state index >= 15 is 0 Å². The summed E-state index contributed by atoms with van der Waals surface area (Å²) in [6.45, 7) is 3.43. The highest BCUT2D eigenvalue weighted by atomic mass is 79.9. The van der Waals surface area contributed by atoms with Gasteiger partial charge in [0.2, 0.25) is 5.91 Å². The Morgan fingerprint density at radius 2 is 2.17 bits per heavy atom. The number of hydrogen-bond donors (Lipinski definition) is 1. The molecule has 1 aliphatic rings. The number of halogens is 1. The van der Waals surface area contributed by atoms with Crippen LogP contribution in [-0.2, 0) is 14.9 Å². The summed E-state index contributed by atoms with van der Waals surface area (Å²) in [6, 6.07) is 7.91. The molecule has 2 unspecified atom stereocenters. The number of nitrogens with one attached hydrogen (secondary N) is 1. The summed E-state index contributed by atoms with van der Waals surface area (Å²) in [5, 5.41) is 3.82. The van der Waals surface area contributed by atoms with Gasteiger partial charge in [0.15, 0.2) is 0 Å². The van der Waals surface area contributed by atoms with E-state index < -0.39 is 0 Å². The minimum absolute atomic E-state index is 0.0644. The summed E-state index contributed by atoms with van der Waals surface area (Å²) < 4.78 is 5.36. The molecule has 1 heterocycles. The van der Waals surface area contributed by atoms with Gasteiger partial charge in [-0.1, -0.05) is 35.0 Å². The third-order valence-electron chi connectivity index (χ3n) is 3.35. The largest absolute Gasteiger partial charge is 0.381 e. The van der Waals surface area contributed by atoms with E-state index in [9.17, 15) is 4.79 Å². The lowest BCUT2D eigenvalue weighted by Crippen LogP contribution is -2.34. The molecule has 18 heavy (non-hydrogen) atoms. The lowest BCUT2D eigenvalue weighted by Gasteiger charge is -2.27. The summed E-state index contributed by atoms with van der Waals surface area (Å²) in [6.07, 6.45) is 0.812. The summed E-state index contributed by atoms with van der Waals surface area (Å²) in [5.41, 5.74) is 2.07. The zero-order valence-corrected chi connectivity index (χ0v) is 12.1. The number of benzene rings is 1. The Balaban J connectivity index is 1.97. The summed E-state index contributed by atoms with van der Waals surface area (Å²) >= 11 is 3.40. The lowest BCUT2D eigenvalue weighted by atomic mass is 9.89. The minimum atomic E-state index is 0.0644. The fourth-order valence-electron chi connectivity index (χ4n) is 2.18. The number of anilines is 1. The average Bonchev–Trinajstić information content (AvgIpc) is 2.40. The number of alkyl halides is 1. The fourth-order valence-corrected chi connectivity index (χ4v) is 2.56. The average molecular weight is 312 g/mol. The van der Waals surface area contributed by atoms with Gasteiger partial charge in [0, 0.05) is 30.1 Å². The molecule has 0 radical (unpaired) electrons. The van der Waals surface area contributed by atoms with E-state index in [0.29, 0.717) is 19.1 Å². The molecule has 0 aromatic heterocycles. The molecule has 0 spiro atoms. The topological polar surface area (TPSA) is 38.3 Å². The van der Waals surface area contributed by atoms with Gasteiger partial charge in [-0.2, -0.15) is 0 Å². The van der Waals surface area contributed by atoms with Crippen molar-refractivity contribution in [3.05, 3.63) is 29.8 Å². The standard InChI is InChI=1S/C14H18BrNO2/c1-10-9-18-7-6-13(10)14(17)16-12-4-2-11(8-15)3-5-12/h2-5,10,13H,6-9H2,1H3,(H,16,17). The minimum Gasteiger partial charge on any atom is -0.381 e. The van der Waals surface area contributed by atoms with Gasteiger partial charge in [-0.3, -0.25) is 4.79 Å². The van der Waals surface area contributed by atoms with E-state index in [1.165, 1.54) is 5.56 Å². The predicted octanol–water partition coefficient (Wildman–Crippen LogP) is 3.19. The molecule has 98 valence electrons. The molecule has 2 atom stereocenters. The van der Waals surface area contributed by atoms with Crippen LogP contribution in [0.15, 0.2) is 24.3 Å². The Labute approximate surface area is 116 Å². The molecule has 2 rings (SSSR count). The SMILES string of the molecule is CC1COCCC1C(=O)Nc1ccc(CBr)cc1. The van der Waals surface area contributed by atoms with E-state index in [1.807, 2.05) is 24.3 Å². The second-order valence-electron chi connectivity index (χ2n) is 4.77. The number of ether oxygens (including phenoxy) is 1. The molecule has 4 heteroatoms. The van der Waals surface area contributed by atoms with Crippen molar-refractivity contribution < 1.29 is 9.53 Å². The number of carbonyl (C=O) groups excluding carboxylic acids is 1. The van der Waals surface area contributed by atoms with Crippen molar-refractivity contribution in [1.82, 2.24) is 0 Å². The van der Waals surface area contributed by atoms with Gasteiger partial charge in [-0.05, 0) is 30.0 Å². The van der Waals surface area contributed by atoms with E-state index in [-0.39, 0.29) is 11.8 Å². The normalized spacial score (nSPS) is 23.7. The van der Waals surface area contributed by atoms with Crippen LogP contribution in [0.25, 0.3) is 0 Å². The van der Waals surface area contributed by atoms with Crippen LogP contribution in [0.3, 0.4) is 0 Å². The monoisotopic (exact) mass is 311 g/mol. The van der Waals surface area contributed by atoms with E-state index in [1.54, 1.807) is 0 Å². The lowest BCUT2D eigenvalue weighted by molar-refractivity contribution is -0.125. The van der Waals surface area contributed by atoms with Crippen LogP contribution in [0.1, 0.15) is 18.9 Å². The summed E-state index contributed by atoms with van der Waals surface area (Å²) in [7, 11) is 0. The zero-order valence-electron chi connectivity index (χ0n) is 10.5. The highest BCUT2D eigenvalue weighted by Gasteiger charge is 2.28. The Hall–Kier alpha value is -0.870. The van der Waals surface area contributed by atoms with Crippen molar-refractivity contribution in [2.75, 3.05) is 18.5 Å². The fraction of sp³-hybridized carbons (Fsp3) is 0.500. The number of amides is 1. The summed E-state index contributed by atoms with van der Waals surface area (Å²) in [4.78, 5) is 12.2. The molecule has 0 bridgehead atoms. The first kappa shape index (κ1) is 13.6. The first-order valence-electron chi connectivity index (χ1n) is 6.24. The van der Waals surface area contributed by atoms with Crippen LogP contribution in [0.4, 0.5) is 5.69 Å². The van der Waals surface area contributed by atoms with Crippen molar-refractivity contribution in [2.24, 2.45) is 11.8 Å². The maximum atomic E-state index is 12.2. The van der Waals surface area contributed by atoms with Crippen molar-refractivity contribution in [1.29, 1.82) is 0 Å². The van der Waals surface area contributed by atoms with Crippen LogP contribution in [0, 0.1) is 11.8 Å². The maximum absolute atomic E-state index is 12.2. The highest BCUT2D eigenvalue weighted by molar-refractivity contribution is 9.08. The van der Waals surface area contributed by atoms with Crippen molar-refractivity contribution >= 4 is 27.5 Å². The van der Waals surface area contributed by atoms with Crippen molar-refractivity contribution in [2.45, 2.75) is 18.7 Å². The molecular formula is C14H18BrNO2. The molecule has 1 N–H and O–H groups in total. The number of hydrogen-bond acceptors (Lipinski definition) is 2. The molecule has 1 fully saturated rings. The smallest absolute Gasteiger partial charge is 0.227 e. The zero-order chi connectivity index (χ0) is 13.0. The predicted molar refractivity (Wildman–Crippen MR) is 75.8 cm³/mol. The van der Waals surface area contributed by atoms with Crippen LogP contribution in [-0.4, -0.2) is 19.1 Å². The maximum Gasteiger partial charge on any atom is 0.227 e. The van der Waals surface area contributed by atoms with E-state index in [0.717, 1.165) is 17.4 Å². The molecule has 0 aliphatic carbocycles. The Bertz CT molecular complexity index is 405. The molecule has 1 aliphatic heterocycles.